The topological polar surface area (TPSA) is 112 Å². The maximum absolute atomic E-state index is 13.6. The molecule has 1 aliphatic heterocycles. The Hall–Kier alpha value is -2.65. The summed E-state index contributed by atoms with van der Waals surface area (Å²) >= 11 is 6.22. The van der Waals surface area contributed by atoms with Gasteiger partial charge in [-0.05, 0) is 66.3 Å². The van der Waals surface area contributed by atoms with Gasteiger partial charge in [-0.1, -0.05) is 75.5 Å². The third-order valence-electron chi connectivity index (χ3n) is 7.85. The van der Waals surface area contributed by atoms with E-state index in [1.807, 2.05) is 50.2 Å². The van der Waals surface area contributed by atoms with Gasteiger partial charge in [-0.3, -0.25) is 14.9 Å². The summed E-state index contributed by atoms with van der Waals surface area (Å²) in [6.45, 7) is 7.36. The summed E-state index contributed by atoms with van der Waals surface area (Å²) < 4.78 is 6.15. The number of aliphatic hydroxyl groups excluding tert-OH is 1. The van der Waals surface area contributed by atoms with Crippen molar-refractivity contribution in [2.75, 3.05) is 19.7 Å². The molecule has 2 amide bonds. The Bertz CT molecular complexity index is 1160. The zero-order chi connectivity index (χ0) is 29.4. The van der Waals surface area contributed by atoms with Crippen LogP contribution in [0, 0.1) is 17.8 Å². The fourth-order valence-electron chi connectivity index (χ4n) is 5.32. The Labute approximate surface area is 249 Å². The van der Waals surface area contributed by atoms with Crippen molar-refractivity contribution in [3.05, 3.63) is 64.7 Å². The average molecular weight is 585 g/mol. The van der Waals surface area contributed by atoms with Crippen LogP contribution in [-0.4, -0.2) is 61.0 Å². The van der Waals surface area contributed by atoms with Crippen molar-refractivity contribution in [1.82, 2.24) is 21.3 Å². The van der Waals surface area contributed by atoms with Crippen molar-refractivity contribution in [2.45, 2.75) is 77.2 Å². The molecular weight excluding hydrogens is 540 g/mol. The van der Waals surface area contributed by atoms with Gasteiger partial charge in [0.05, 0.1) is 12.1 Å². The number of para-hydroxylation sites is 1. The van der Waals surface area contributed by atoms with Crippen LogP contribution < -0.4 is 26.0 Å². The highest BCUT2D eigenvalue weighted by Crippen LogP contribution is 2.34. The lowest BCUT2D eigenvalue weighted by Gasteiger charge is -2.30. The van der Waals surface area contributed by atoms with Gasteiger partial charge < -0.3 is 25.8 Å². The Balaban J connectivity index is 1.58. The van der Waals surface area contributed by atoms with Crippen molar-refractivity contribution in [1.29, 1.82) is 0 Å². The van der Waals surface area contributed by atoms with Gasteiger partial charge >= 0.3 is 0 Å². The van der Waals surface area contributed by atoms with E-state index >= 15 is 0 Å². The fourth-order valence-corrected chi connectivity index (χ4v) is 5.53. The third kappa shape index (κ3) is 9.70. The van der Waals surface area contributed by atoms with Crippen LogP contribution in [0.1, 0.15) is 51.2 Å². The Morgan fingerprint density at radius 3 is 2.54 bits per heavy atom. The highest BCUT2D eigenvalue weighted by molar-refractivity contribution is 6.30. The molecule has 1 heterocycles. The van der Waals surface area contributed by atoms with Crippen molar-refractivity contribution in [3.8, 4) is 5.75 Å². The van der Waals surface area contributed by atoms with Crippen molar-refractivity contribution in [2.24, 2.45) is 17.8 Å². The number of fused-ring (bicyclic) bond motifs is 1. The molecule has 5 N–H and O–H groups in total. The number of hydrogen-bond donors (Lipinski definition) is 5. The summed E-state index contributed by atoms with van der Waals surface area (Å²) in [6.07, 6.45) is 3.19. The van der Waals surface area contributed by atoms with Gasteiger partial charge in [-0.25, -0.2) is 0 Å². The van der Waals surface area contributed by atoms with E-state index in [2.05, 4.69) is 34.3 Å². The zero-order valence-corrected chi connectivity index (χ0v) is 25.1. The molecule has 0 aromatic heterocycles. The molecule has 0 spiro atoms. The molecule has 1 saturated carbocycles. The van der Waals surface area contributed by atoms with Crippen molar-refractivity contribution >= 4 is 23.4 Å². The molecule has 2 aromatic carbocycles. The van der Waals surface area contributed by atoms with Gasteiger partial charge in [-0.2, -0.15) is 0 Å². The summed E-state index contributed by atoms with van der Waals surface area (Å²) in [5.41, 5.74) is 2.00. The summed E-state index contributed by atoms with van der Waals surface area (Å²) in [7, 11) is 0. The van der Waals surface area contributed by atoms with Crippen LogP contribution in [0.15, 0.2) is 48.5 Å². The van der Waals surface area contributed by atoms with Crippen molar-refractivity contribution in [3.63, 3.8) is 0 Å². The summed E-state index contributed by atoms with van der Waals surface area (Å²) in [5.74, 6) is 0.836. The molecular formula is C32H45ClN4O4. The van der Waals surface area contributed by atoms with E-state index in [1.165, 1.54) is 0 Å². The molecule has 9 heteroatoms. The Morgan fingerprint density at radius 1 is 1.02 bits per heavy atom. The lowest BCUT2D eigenvalue weighted by Crippen LogP contribution is -2.59. The van der Waals surface area contributed by atoms with Crippen LogP contribution in [0.5, 0.6) is 5.75 Å². The summed E-state index contributed by atoms with van der Waals surface area (Å²) in [4.78, 5) is 27.2. The lowest BCUT2D eigenvalue weighted by molar-refractivity contribution is -0.132. The second-order valence-corrected chi connectivity index (χ2v) is 12.4. The molecule has 0 bridgehead atoms. The van der Waals surface area contributed by atoms with E-state index < -0.39 is 24.4 Å². The normalized spacial score (nSPS) is 27.1. The first kappa shape index (κ1) is 31.3. The Kier molecular flexibility index (Phi) is 11.5. The number of hydrogen-bond acceptors (Lipinski definition) is 6. The number of halogens is 1. The van der Waals surface area contributed by atoms with Crippen LogP contribution >= 0.6 is 11.6 Å². The number of aliphatic hydroxyl groups is 1. The monoisotopic (exact) mass is 584 g/mol. The predicted molar refractivity (Wildman–Crippen MR) is 162 cm³/mol. The molecule has 5 atom stereocenters. The molecule has 2 aliphatic rings. The summed E-state index contributed by atoms with van der Waals surface area (Å²) in [6, 6.07) is 13.6. The number of benzene rings is 2. The van der Waals surface area contributed by atoms with Gasteiger partial charge in [0.25, 0.3) is 0 Å². The first-order chi connectivity index (χ1) is 19.7. The van der Waals surface area contributed by atoms with E-state index in [4.69, 9.17) is 16.3 Å². The molecule has 8 nitrogen and oxygen atoms in total. The molecule has 2 aromatic rings. The number of rotatable bonds is 5. The predicted octanol–water partition coefficient (Wildman–Crippen LogP) is 3.45. The van der Waals surface area contributed by atoms with Gasteiger partial charge in [0.1, 0.15) is 24.6 Å². The van der Waals surface area contributed by atoms with Crippen LogP contribution in [0.2, 0.25) is 5.02 Å². The quantitative estimate of drug-likeness (QED) is 0.368. The van der Waals surface area contributed by atoms with Crippen molar-refractivity contribution < 1.29 is 19.4 Å². The van der Waals surface area contributed by atoms with E-state index in [0.717, 1.165) is 36.1 Å². The fraction of sp³-hybridized carbons (Fsp3) is 0.562. The highest BCUT2D eigenvalue weighted by atomic mass is 35.5. The van der Waals surface area contributed by atoms with E-state index in [1.54, 1.807) is 6.07 Å². The number of ether oxygens (including phenoxy) is 1. The van der Waals surface area contributed by atoms with Gasteiger partial charge in [0.2, 0.25) is 11.8 Å². The summed E-state index contributed by atoms with van der Waals surface area (Å²) in [5, 5.41) is 24.4. The Morgan fingerprint density at radius 2 is 1.80 bits per heavy atom. The van der Waals surface area contributed by atoms with E-state index in [0.29, 0.717) is 43.5 Å². The molecule has 0 saturated heterocycles. The maximum atomic E-state index is 13.6. The maximum Gasteiger partial charge on any atom is 0.243 e. The standard InChI is InChI=1S/C32H45ClN4O4/c1-20(2)29-32(40)36-27(17-22-11-12-22)30(38)35-19-21(3)15-24-8-4-5-10-28(24)41-14-13-34-26(31(39)37-29)18-23-7-6-9-25(33)16-23/h4-10,16,20-22,26-27,29-30,34-35,38H,11-15,17-19H2,1-3H3,(H,36,40)(H,37,39)/t21-,26-,27+,29-,30?/m1/s1. The van der Waals surface area contributed by atoms with E-state index in [9.17, 15) is 14.7 Å². The lowest BCUT2D eigenvalue weighted by atomic mass is 9.99. The second-order valence-electron chi connectivity index (χ2n) is 12.0. The number of nitrogens with one attached hydrogen (secondary N) is 4. The molecule has 1 aliphatic carbocycles. The molecule has 4 rings (SSSR count). The van der Waals surface area contributed by atoms with Crippen LogP contribution in [0.25, 0.3) is 0 Å². The van der Waals surface area contributed by atoms with Crippen LogP contribution in [0.3, 0.4) is 0 Å². The molecule has 224 valence electrons. The number of amides is 2. The van der Waals surface area contributed by atoms with Gasteiger partial charge in [-0.15, -0.1) is 0 Å². The SMILES string of the molecule is CC(C)[C@H]1NC(=O)[C@@H](Cc2cccc(Cl)c2)NCCOc2ccccc2C[C@@H](C)CNC(O)[C@H](CC2CC2)NC1=O. The number of carbonyl (C=O) groups excluding carboxylic acids is 2. The first-order valence-corrected chi connectivity index (χ1v) is 15.3. The van der Waals surface area contributed by atoms with Gasteiger partial charge in [0, 0.05) is 18.1 Å². The van der Waals surface area contributed by atoms with Gasteiger partial charge in [0.15, 0.2) is 0 Å². The largest absolute Gasteiger partial charge is 0.492 e. The molecule has 1 unspecified atom stereocenters. The molecule has 41 heavy (non-hydrogen) atoms. The van der Waals surface area contributed by atoms with E-state index in [-0.39, 0.29) is 23.7 Å². The van der Waals surface area contributed by atoms with Crippen LogP contribution in [-0.2, 0) is 22.4 Å². The average Bonchev–Trinajstić information content (AvgIpc) is 3.76. The molecule has 0 radical (unpaired) electrons. The third-order valence-corrected chi connectivity index (χ3v) is 8.09. The highest BCUT2D eigenvalue weighted by Gasteiger charge is 2.34. The minimum atomic E-state index is -0.895. The number of carbonyl (C=O) groups is 2. The molecule has 1 fully saturated rings. The second kappa shape index (κ2) is 15.0. The first-order valence-electron chi connectivity index (χ1n) is 14.9. The minimum absolute atomic E-state index is 0.150. The zero-order valence-electron chi connectivity index (χ0n) is 24.4. The minimum Gasteiger partial charge on any atom is -0.492 e. The van der Waals surface area contributed by atoms with Crippen LogP contribution in [0.4, 0.5) is 0 Å². The smallest absolute Gasteiger partial charge is 0.243 e.